The number of ether oxygens (including phenoxy) is 1. The molecule has 1 atom stereocenters. The first-order chi connectivity index (χ1) is 10.2. The van der Waals surface area contributed by atoms with Crippen LogP contribution in [-0.2, 0) is 11.3 Å². The van der Waals surface area contributed by atoms with Gasteiger partial charge >= 0.3 is 0 Å². The molecule has 7 heteroatoms. The van der Waals surface area contributed by atoms with Crippen molar-refractivity contribution in [1.29, 1.82) is 0 Å². The summed E-state index contributed by atoms with van der Waals surface area (Å²) < 4.78 is 5.66. The topological polar surface area (TPSA) is 95.9 Å². The van der Waals surface area contributed by atoms with E-state index in [0.717, 1.165) is 25.0 Å². The number of nitrogens with two attached hydrogens (primary N) is 1. The number of primary amides is 1. The fourth-order valence-corrected chi connectivity index (χ4v) is 2.35. The Morgan fingerprint density at radius 1 is 1.33 bits per heavy atom. The second-order valence-corrected chi connectivity index (χ2v) is 5.10. The normalized spacial score (nSPS) is 18.6. The monoisotopic (exact) mass is 287 g/mol. The van der Waals surface area contributed by atoms with E-state index in [-0.39, 0.29) is 6.10 Å². The first-order valence-corrected chi connectivity index (χ1v) is 7.02. The van der Waals surface area contributed by atoms with E-state index in [0.29, 0.717) is 17.9 Å². The Labute approximate surface area is 122 Å². The highest BCUT2D eigenvalue weighted by atomic mass is 16.5. The Kier molecular flexibility index (Phi) is 3.92. The van der Waals surface area contributed by atoms with Gasteiger partial charge in [0, 0.05) is 17.7 Å². The molecule has 1 aromatic heterocycles. The van der Waals surface area contributed by atoms with Gasteiger partial charge in [-0.15, -0.1) is 10.2 Å². The Morgan fingerprint density at radius 3 is 2.81 bits per heavy atom. The van der Waals surface area contributed by atoms with E-state index in [9.17, 15) is 4.79 Å². The first kappa shape index (κ1) is 13.7. The van der Waals surface area contributed by atoms with Crippen molar-refractivity contribution >= 4 is 5.91 Å². The summed E-state index contributed by atoms with van der Waals surface area (Å²) in [5.41, 5.74) is 6.47. The molecule has 2 aromatic rings. The third-order valence-electron chi connectivity index (χ3n) is 3.52. The number of amides is 1. The van der Waals surface area contributed by atoms with E-state index in [1.54, 1.807) is 29.1 Å². The maximum Gasteiger partial charge on any atom is 0.248 e. The molecular formula is C14H17N5O2. The Hall–Kier alpha value is -2.28. The van der Waals surface area contributed by atoms with Crippen LogP contribution < -0.4 is 5.73 Å². The highest BCUT2D eigenvalue weighted by molar-refractivity contribution is 5.93. The number of carbonyl (C=O) groups is 1. The fourth-order valence-electron chi connectivity index (χ4n) is 2.35. The summed E-state index contributed by atoms with van der Waals surface area (Å²) in [6, 6.07) is 6.84. The maximum atomic E-state index is 11.0. The number of rotatable bonds is 4. The molecule has 1 aliphatic heterocycles. The molecule has 1 fully saturated rings. The maximum absolute atomic E-state index is 11.0. The number of benzene rings is 1. The van der Waals surface area contributed by atoms with Gasteiger partial charge in [0.2, 0.25) is 11.7 Å². The number of aromatic nitrogens is 4. The molecule has 21 heavy (non-hydrogen) atoms. The molecule has 0 radical (unpaired) electrons. The second kappa shape index (κ2) is 6.01. The predicted octanol–water partition coefficient (Wildman–Crippen LogP) is 1.01. The molecule has 1 aromatic carbocycles. The van der Waals surface area contributed by atoms with Crippen LogP contribution in [0.1, 0.15) is 29.6 Å². The molecule has 2 N–H and O–H groups in total. The number of tetrazole rings is 1. The van der Waals surface area contributed by atoms with Crippen molar-refractivity contribution in [3.8, 4) is 11.4 Å². The smallest absolute Gasteiger partial charge is 0.248 e. The molecular weight excluding hydrogens is 270 g/mol. The van der Waals surface area contributed by atoms with Gasteiger partial charge < -0.3 is 10.5 Å². The summed E-state index contributed by atoms with van der Waals surface area (Å²) >= 11 is 0. The van der Waals surface area contributed by atoms with Gasteiger partial charge in [-0.3, -0.25) is 4.79 Å². The summed E-state index contributed by atoms with van der Waals surface area (Å²) in [5, 5.41) is 12.4. The molecule has 0 bridgehead atoms. The van der Waals surface area contributed by atoms with E-state index in [2.05, 4.69) is 15.4 Å². The number of hydrogen-bond acceptors (Lipinski definition) is 5. The molecule has 0 spiro atoms. The van der Waals surface area contributed by atoms with Crippen LogP contribution in [0.2, 0.25) is 0 Å². The third-order valence-corrected chi connectivity index (χ3v) is 3.52. The van der Waals surface area contributed by atoms with Crippen molar-refractivity contribution in [3.05, 3.63) is 29.8 Å². The lowest BCUT2D eigenvalue weighted by Crippen LogP contribution is -2.25. The van der Waals surface area contributed by atoms with Crippen LogP contribution in [-0.4, -0.2) is 38.8 Å². The lowest BCUT2D eigenvalue weighted by molar-refractivity contribution is 0.00133. The molecule has 0 unspecified atom stereocenters. The Morgan fingerprint density at radius 2 is 2.14 bits per heavy atom. The van der Waals surface area contributed by atoms with E-state index in [4.69, 9.17) is 10.5 Å². The average Bonchev–Trinajstić information content (AvgIpc) is 2.97. The van der Waals surface area contributed by atoms with Gasteiger partial charge in [-0.2, -0.15) is 4.80 Å². The minimum Gasteiger partial charge on any atom is -0.376 e. The van der Waals surface area contributed by atoms with Gasteiger partial charge in [-0.05, 0) is 36.6 Å². The summed E-state index contributed by atoms with van der Waals surface area (Å²) in [6.45, 7) is 1.42. The zero-order valence-corrected chi connectivity index (χ0v) is 11.6. The second-order valence-electron chi connectivity index (χ2n) is 5.10. The molecule has 2 heterocycles. The molecule has 7 nitrogen and oxygen atoms in total. The van der Waals surface area contributed by atoms with Crippen molar-refractivity contribution < 1.29 is 9.53 Å². The van der Waals surface area contributed by atoms with Crippen LogP contribution in [0.4, 0.5) is 0 Å². The van der Waals surface area contributed by atoms with E-state index in [1.165, 1.54) is 6.42 Å². The fraction of sp³-hybridized carbons (Fsp3) is 0.429. The van der Waals surface area contributed by atoms with Gasteiger partial charge in [0.05, 0.1) is 12.6 Å². The molecule has 0 saturated carbocycles. The Balaban J connectivity index is 1.70. The third kappa shape index (κ3) is 3.25. The summed E-state index contributed by atoms with van der Waals surface area (Å²) in [7, 11) is 0. The van der Waals surface area contributed by atoms with E-state index in [1.807, 2.05) is 0 Å². The van der Waals surface area contributed by atoms with Crippen LogP contribution in [0.15, 0.2) is 24.3 Å². The zero-order chi connectivity index (χ0) is 14.7. The number of hydrogen-bond donors (Lipinski definition) is 1. The Bertz CT molecular complexity index is 617. The van der Waals surface area contributed by atoms with Crippen molar-refractivity contribution in [2.45, 2.75) is 31.9 Å². The van der Waals surface area contributed by atoms with Crippen LogP contribution in [0, 0.1) is 0 Å². The lowest BCUT2D eigenvalue weighted by atomic mass is 10.1. The summed E-state index contributed by atoms with van der Waals surface area (Å²) in [4.78, 5) is 12.6. The highest BCUT2D eigenvalue weighted by Gasteiger charge is 2.16. The van der Waals surface area contributed by atoms with Crippen molar-refractivity contribution in [2.24, 2.45) is 5.73 Å². The van der Waals surface area contributed by atoms with Crippen LogP contribution in [0.25, 0.3) is 11.4 Å². The number of carbonyl (C=O) groups excluding carboxylic acids is 1. The van der Waals surface area contributed by atoms with Gasteiger partial charge in [-0.25, -0.2) is 0 Å². The van der Waals surface area contributed by atoms with E-state index >= 15 is 0 Å². The molecule has 1 saturated heterocycles. The van der Waals surface area contributed by atoms with Gasteiger partial charge in [0.15, 0.2) is 0 Å². The minimum absolute atomic E-state index is 0.165. The zero-order valence-electron chi connectivity index (χ0n) is 11.6. The standard InChI is InChI=1S/C14H17N5O2/c15-13(20)10-4-6-11(7-5-10)14-16-18-19(17-14)9-12-3-1-2-8-21-12/h4-7,12H,1-3,8-9H2,(H2,15,20)/t12-/m1/s1. The van der Waals surface area contributed by atoms with Crippen LogP contribution in [0.5, 0.6) is 0 Å². The molecule has 3 rings (SSSR count). The number of nitrogens with zero attached hydrogens (tertiary/aromatic N) is 4. The van der Waals surface area contributed by atoms with Crippen molar-refractivity contribution in [2.75, 3.05) is 6.61 Å². The highest BCUT2D eigenvalue weighted by Crippen LogP contribution is 2.16. The SMILES string of the molecule is NC(=O)c1ccc(-c2nnn(C[C@H]3CCCCO3)n2)cc1. The summed E-state index contributed by atoms with van der Waals surface area (Å²) in [5.74, 6) is 0.0782. The van der Waals surface area contributed by atoms with Crippen LogP contribution >= 0.6 is 0 Å². The van der Waals surface area contributed by atoms with Crippen LogP contribution in [0.3, 0.4) is 0 Å². The molecule has 0 aliphatic carbocycles. The molecule has 1 aliphatic rings. The van der Waals surface area contributed by atoms with Crippen molar-refractivity contribution in [1.82, 2.24) is 20.2 Å². The molecule has 110 valence electrons. The summed E-state index contributed by atoms with van der Waals surface area (Å²) in [6.07, 6.45) is 3.50. The lowest BCUT2D eigenvalue weighted by Gasteiger charge is -2.21. The minimum atomic E-state index is -0.451. The quantitative estimate of drug-likeness (QED) is 0.905. The predicted molar refractivity (Wildman–Crippen MR) is 75.4 cm³/mol. The van der Waals surface area contributed by atoms with E-state index < -0.39 is 5.91 Å². The van der Waals surface area contributed by atoms with Gasteiger partial charge in [0.25, 0.3) is 0 Å². The van der Waals surface area contributed by atoms with Gasteiger partial charge in [0.1, 0.15) is 0 Å². The first-order valence-electron chi connectivity index (χ1n) is 7.02. The average molecular weight is 287 g/mol. The van der Waals surface area contributed by atoms with Crippen molar-refractivity contribution in [3.63, 3.8) is 0 Å². The molecule has 1 amide bonds. The van der Waals surface area contributed by atoms with Gasteiger partial charge in [-0.1, -0.05) is 12.1 Å². The largest absolute Gasteiger partial charge is 0.376 e.